The molecule has 0 radical (unpaired) electrons. The van der Waals surface area contributed by atoms with Crippen LogP contribution in [0.1, 0.15) is 53.2 Å². The maximum absolute atomic E-state index is 13.8. The van der Waals surface area contributed by atoms with Crippen molar-refractivity contribution in [1.29, 1.82) is 0 Å². The van der Waals surface area contributed by atoms with Crippen molar-refractivity contribution in [2.24, 2.45) is 5.92 Å². The number of likely N-dealkylation sites (N-methyl/N-ethyl adjacent to an activating group) is 1. The quantitative estimate of drug-likeness (QED) is 0.438. The van der Waals surface area contributed by atoms with Gasteiger partial charge in [-0.1, -0.05) is 0 Å². The summed E-state index contributed by atoms with van der Waals surface area (Å²) in [6.45, 7) is 7.70. The molecule has 3 fully saturated rings. The molecule has 3 aliphatic rings. The van der Waals surface area contributed by atoms with E-state index in [1.165, 1.54) is 10.6 Å². The minimum absolute atomic E-state index is 0.0488. The summed E-state index contributed by atoms with van der Waals surface area (Å²) in [5.74, 6) is -2.11. The van der Waals surface area contributed by atoms with E-state index in [0.717, 1.165) is 39.0 Å². The van der Waals surface area contributed by atoms with Gasteiger partial charge in [-0.3, -0.25) is 9.59 Å². The van der Waals surface area contributed by atoms with Gasteiger partial charge in [0.2, 0.25) is 21.8 Å². The molecule has 1 aromatic heterocycles. The number of nitrogens with zero attached hydrogens (tertiary/aromatic N) is 5. The molecule has 1 aliphatic carbocycles. The first kappa shape index (κ1) is 36.1. The minimum Gasteiger partial charge on any atom is -0.497 e. The highest BCUT2D eigenvalue weighted by atomic mass is 32.2. The zero-order valence-electron chi connectivity index (χ0n) is 26.7. The van der Waals surface area contributed by atoms with Crippen LogP contribution in [-0.2, 0) is 26.2 Å². The summed E-state index contributed by atoms with van der Waals surface area (Å²) in [5.41, 5.74) is 1.38. The highest BCUT2D eigenvalue weighted by Crippen LogP contribution is 2.36. The monoisotopic (exact) mass is 687 g/mol. The van der Waals surface area contributed by atoms with Gasteiger partial charge in [-0.2, -0.15) is 17.5 Å². The van der Waals surface area contributed by atoms with E-state index in [-0.39, 0.29) is 46.8 Å². The summed E-state index contributed by atoms with van der Waals surface area (Å²) in [5, 5.41) is 7.12. The largest absolute Gasteiger partial charge is 0.497 e. The number of alkyl halides is 3. The second-order valence-electron chi connectivity index (χ2n) is 12.0. The first-order valence-electron chi connectivity index (χ1n) is 15.2. The lowest BCUT2D eigenvalue weighted by molar-refractivity contribution is -0.192. The number of piperazine rings is 1. The number of rotatable bonds is 8. The number of carbonyl (C=O) groups is 3. The third-order valence-corrected chi connectivity index (χ3v) is 10.6. The van der Waals surface area contributed by atoms with Crippen molar-refractivity contribution >= 4 is 27.8 Å². The van der Waals surface area contributed by atoms with Gasteiger partial charge in [0.05, 0.1) is 18.6 Å². The zero-order chi connectivity index (χ0) is 34.7. The molecule has 0 spiro atoms. The Morgan fingerprint density at radius 2 is 1.55 bits per heavy atom. The molecule has 1 aromatic carbocycles. The maximum atomic E-state index is 13.8. The SMILES string of the molecule is COc1cc(C)c(S(=O)(=O)N(Cc2nc(C(=O)N3CCC(C(=O)N4CCN(C)CC4)CC3)co2)C2CC2)c(C)c1.O=C(O)C(F)(F)F. The fourth-order valence-corrected chi connectivity index (χ4v) is 7.77. The summed E-state index contributed by atoms with van der Waals surface area (Å²) in [6.07, 6.45) is -1.00. The van der Waals surface area contributed by atoms with Gasteiger partial charge in [0.25, 0.3) is 5.91 Å². The van der Waals surface area contributed by atoms with Crippen LogP contribution in [0, 0.1) is 19.8 Å². The molecule has 260 valence electrons. The average Bonchev–Trinajstić information content (AvgIpc) is 3.75. The molecular weight excluding hydrogens is 647 g/mol. The first-order chi connectivity index (χ1) is 22.0. The van der Waals surface area contributed by atoms with Crippen LogP contribution >= 0.6 is 0 Å². The van der Waals surface area contributed by atoms with Gasteiger partial charge in [-0.05, 0) is 69.8 Å². The number of benzene rings is 1. The number of hydrogen-bond acceptors (Lipinski definition) is 9. The minimum atomic E-state index is -5.08. The topological polar surface area (TPSA) is 154 Å². The number of aliphatic carboxylic acids is 1. The van der Waals surface area contributed by atoms with E-state index in [4.69, 9.17) is 19.1 Å². The molecule has 5 rings (SSSR count). The number of likely N-dealkylation sites (tertiary alicyclic amines) is 1. The summed E-state index contributed by atoms with van der Waals surface area (Å²) in [4.78, 5) is 45.5. The molecule has 2 amide bonds. The number of aryl methyl sites for hydroxylation is 2. The Hall–Kier alpha value is -3.70. The van der Waals surface area contributed by atoms with Crippen LogP contribution < -0.4 is 4.74 Å². The van der Waals surface area contributed by atoms with Crippen molar-refractivity contribution in [2.75, 3.05) is 53.4 Å². The number of sulfonamides is 1. The van der Waals surface area contributed by atoms with Crippen LogP contribution in [-0.4, -0.2) is 121 Å². The third-order valence-electron chi connectivity index (χ3n) is 8.44. The molecule has 47 heavy (non-hydrogen) atoms. The lowest BCUT2D eigenvalue weighted by atomic mass is 9.94. The first-order valence-corrected chi connectivity index (χ1v) is 16.6. The van der Waals surface area contributed by atoms with Gasteiger partial charge < -0.3 is 29.0 Å². The van der Waals surface area contributed by atoms with Crippen molar-refractivity contribution in [3.63, 3.8) is 0 Å². The summed E-state index contributed by atoms with van der Waals surface area (Å²) in [6, 6.07) is 3.30. The van der Waals surface area contributed by atoms with Gasteiger partial charge in [0.15, 0.2) is 5.69 Å². The van der Waals surface area contributed by atoms with Crippen molar-refractivity contribution < 1.29 is 50.2 Å². The van der Waals surface area contributed by atoms with Crippen molar-refractivity contribution in [2.45, 2.75) is 63.2 Å². The number of halogens is 3. The Morgan fingerprint density at radius 3 is 2.04 bits per heavy atom. The summed E-state index contributed by atoms with van der Waals surface area (Å²) in [7, 11) is -0.223. The van der Waals surface area contributed by atoms with E-state index in [2.05, 4.69) is 16.9 Å². The van der Waals surface area contributed by atoms with Crippen molar-refractivity contribution in [1.82, 2.24) is 24.0 Å². The molecule has 1 N–H and O–H groups in total. The van der Waals surface area contributed by atoms with Crippen LogP contribution in [0.5, 0.6) is 5.75 Å². The van der Waals surface area contributed by atoms with Gasteiger partial charge in [-0.25, -0.2) is 18.2 Å². The Morgan fingerprint density at radius 1 is 1.00 bits per heavy atom. The van der Waals surface area contributed by atoms with Crippen molar-refractivity contribution in [3.05, 3.63) is 41.1 Å². The highest BCUT2D eigenvalue weighted by molar-refractivity contribution is 7.89. The Balaban J connectivity index is 0.000000644. The van der Waals surface area contributed by atoms with Crippen LogP contribution in [0.15, 0.2) is 27.7 Å². The molecule has 0 bridgehead atoms. The Labute approximate surface area is 271 Å². The molecule has 2 saturated heterocycles. The standard InChI is InChI=1S/C28H39N5O6S.C2HF3O2/c1-19-15-23(38-4)16-20(2)26(19)40(36,37)33(22-5-6-22)17-25-29-24(18-39-25)28(35)31-9-7-21(8-10-31)27(34)32-13-11-30(3)12-14-32;3-2(4,5)1(6)7/h15-16,18,21-22H,5-14,17H2,1-4H3;(H,6,7). The van der Waals surface area contributed by atoms with E-state index in [0.29, 0.717) is 42.8 Å². The number of piperidine rings is 1. The van der Waals surface area contributed by atoms with E-state index >= 15 is 0 Å². The fraction of sp³-hybridized carbons (Fsp3) is 0.600. The highest BCUT2D eigenvalue weighted by Gasteiger charge is 2.41. The number of amides is 2. The summed E-state index contributed by atoms with van der Waals surface area (Å²) >= 11 is 0. The molecule has 0 unspecified atom stereocenters. The molecule has 1 saturated carbocycles. The van der Waals surface area contributed by atoms with Crippen LogP contribution in [0.4, 0.5) is 13.2 Å². The van der Waals surface area contributed by atoms with E-state index in [9.17, 15) is 31.2 Å². The number of carboxylic acid groups (broad SMARTS) is 1. The second kappa shape index (κ2) is 14.6. The zero-order valence-corrected chi connectivity index (χ0v) is 27.6. The Bertz CT molecular complexity index is 1540. The second-order valence-corrected chi connectivity index (χ2v) is 13.8. The van der Waals surface area contributed by atoms with Gasteiger partial charge in [0, 0.05) is 51.2 Å². The Kier molecular flexibility index (Phi) is 11.2. The van der Waals surface area contributed by atoms with Gasteiger partial charge >= 0.3 is 12.1 Å². The van der Waals surface area contributed by atoms with Gasteiger partial charge in [-0.15, -0.1) is 0 Å². The lowest BCUT2D eigenvalue weighted by Crippen LogP contribution is -2.51. The van der Waals surface area contributed by atoms with E-state index in [1.807, 2.05) is 4.90 Å². The van der Waals surface area contributed by atoms with Crippen molar-refractivity contribution in [3.8, 4) is 5.75 Å². The molecule has 13 nitrogen and oxygen atoms in total. The predicted molar refractivity (Wildman–Crippen MR) is 161 cm³/mol. The number of aromatic nitrogens is 1. The summed E-state index contributed by atoms with van der Waals surface area (Å²) < 4.78 is 71.6. The molecule has 17 heteroatoms. The average molecular weight is 688 g/mol. The number of carbonyl (C=O) groups excluding carboxylic acids is 2. The number of hydrogen-bond donors (Lipinski definition) is 1. The number of ether oxygens (including phenoxy) is 1. The van der Waals surface area contributed by atoms with Gasteiger partial charge in [0.1, 0.15) is 12.0 Å². The van der Waals surface area contributed by atoms with E-state index < -0.39 is 22.2 Å². The number of oxazole rings is 1. The normalized spacial score (nSPS) is 18.1. The molecular formula is C30H40F3N5O8S. The van der Waals surface area contributed by atoms with Crippen LogP contribution in [0.2, 0.25) is 0 Å². The maximum Gasteiger partial charge on any atom is 0.490 e. The number of methoxy groups -OCH3 is 1. The molecule has 2 aliphatic heterocycles. The van der Waals surface area contributed by atoms with Crippen LogP contribution in [0.25, 0.3) is 0 Å². The molecule has 3 heterocycles. The predicted octanol–water partition coefficient (Wildman–Crippen LogP) is 2.91. The van der Waals surface area contributed by atoms with E-state index in [1.54, 1.807) is 38.0 Å². The smallest absolute Gasteiger partial charge is 0.490 e. The lowest BCUT2D eigenvalue weighted by Gasteiger charge is -2.37. The number of carboxylic acids is 1. The fourth-order valence-electron chi connectivity index (χ4n) is 5.72. The molecule has 0 atom stereocenters. The third kappa shape index (κ3) is 8.81. The molecule has 2 aromatic rings. The van der Waals surface area contributed by atoms with Crippen LogP contribution in [0.3, 0.4) is 0 Å².